The van der Waals surface area contributed by atoms with E-state index in [1.54, 1.807) is 7.11 Å². The van der Waals surface area contributed by atoms with Crippen LogP contribution in [0.15, 0.2) is 54.6 Å². The molecule has 2 atom stereocenters. The number of nitrogens with one attached hydrogen (secondary N) is 1. The van der Waals surface area contributed by atoms with E-state index < -0.39 is 0 Å². The smallest absolute Gasteiger partial charge is 0.222 e. The Morgan fingerprint density at radius 1 is 1.12 bits per heavy atom. The Morgan fingerprint density at radius 2 is 1.76 bits per heavy atom. The molecule has 2 unspecified atom stereocenters. The van der Waals surface area contributed by atoms with Crippen LogP contribution < -0.4 is 15.8 Å². The molecule has 0 fully saturated rings. The van der Waals surface area contributed by atoms with Crippen LogP contribution in [0.2, 0.25) is 0 Å². The number of nitrogens with two attached hydrogens (primary N) is 1. The maximum Gasteiger partial charge on any atom is 0.222 e. The molecule has 4 nitrogen and oxygen atoms in total. The van der Waals surface area contributed by atoms with Crippen molar-refractivity contribution < 1.29 is 9.53 Å². The van der Waals surface area contributed by atoms with Crippen LogP contribution in [-0.4, -0.2) is 19.1 Å². The molecule has 0 aromatic heterocycles. The number of benzene rings is 2. The van der Waals surface area contributed by atoms with Crippen LogP contribution in [0, 0.1) is 0 Å². The van der Waals surface area contributed by atoms with E-state index in [0.29, 0.717) is 6.42 Å². The molecule has 5 heteroatoms. The highest BCUT2D eigenvalue weighted by atomic mass is 35.5. The summed E-state index contributed by atoms with van der Waals surface area (Å²) in [7, 11) is 1.66. The van der Waals surface area contributed by atoms with Crippen LogP contribution in [0.1, 0.15) is 36.9 Å². The Labute approximate surface area is 156 Å². The zero-order valence-electron chi connectivity index (χ0n) is 14.8. The summed E-state index contributed by atoms with van der Waals surface area (Å²) < 4.78 is 5.15. The number of halogens is 1. The molecular formula is C20H27ClN2O2. The van der Waals surface area contributed by atoms with Crippen molar-refractivity contribution in [2.24, 2.45) is 5.73 Å². The summed E-state index contributed by atoms with van der Waals surface area (Å²) in [5.41, 5.74) is 8.31. The molecule has 0 spiro atoms. The van der Waals surface area contributed by atoms with Gasteiger partial charge in [-0.25, -0.2) is 0 Å². The van der Waals surface area contributed by atoms with E-state index in [1.165, 1.54) is 5.56 Å². The average Bonchev–Trinajstić information content (AvgIpc) is 2.61. The number of carbonyl (C=O) groups is 1. The van der Waals surface area contributed by atoms with Gasteiger partial charge in [0.15, 0.2) is 0 Å². The maximum atomic E-state index is 12.1. The number of methoxy groups -OCH3 is 1. The van der Waals surface area contributed by atoms with Gasteiger partial charge >= 0.3 is 0 Å². The minimum atomic E-state index is -0.264. The van der Waals surface area contributed by atoms with Gasteiger partial charge in [0, 0.05) is 18.5 Å². The van der Waals surface area contributed by atoms with Crippen molar-refractivity contribution in [3.63, 3.8) is 0 Å². The summed E-state index contributed by atoms with van der Waals surface area (Å²) in [6, 6.07) is 17.6. The van der Waals surface area contributed by atoms with Gasteiger partial charge in [0.25, 0.3) is 0 Å². The van der Waals surface area contributed by atoms with Gasteiger partial charge in [-0.3, -0.25) is 4.79 Å². The first-order chi connectivity index (χ1) is 11.6. The van der Waals surface area contributed by atoms with Crippen LogP contribution in [0.5, 0.6) is 5.75 Å². The first kappa shape index (κ1) is 21.0. The summed E-state index contributed by atoms with van der Waals surface area (Å²) in [6.45, 7) is 2.02. The minimum Gasteiger partial charge on any atom is -0.497 e. The maximum absolute atomic E-state index is 12.1. The van der Waals surface area contributed by atoms with Gasteiger partial charge in [0.05, 0.1) is 7.11 Å². The van der Waals surface area contributed by atoms with Gasteiger partial charge in [-0.2, -0.15) is 0 Å². The quantitative estimate of drug-likeness (QED) is 0.753. The van der Waals surface area contributed by atoms with Crippen molar-refractivity contribution in [1.82, 2.24) is 5.32 Å². The second-order valence-corrected chi connectivity index (χ2v) is 6.08. The summed E-state index contributed by atoms with van der Waals surface area (Å²) in [5.74, 6) is 0.851. The summed E-state index contributed by atoms with van der Waals surface area (Å²) in [5, 5.41) is 3.03. The summed E-state index contributed by atoms with van der Waals surface area (Å²) >= 11 is 0. The second-order valence-electron chi connectivity index (χ2n) is 6.08. The molecule has 3 N–H and O–H groups in total. The zero-order valence-corrected chi connectivity index (χ0v) is 15.6. The van der Waals surface area contributed by atoms with Gasteiger partial charge in [0.1, 0.15) is 5.75 Å². The number of ether oxygens (including phenoxy) is 1. The molecule has 0 saturated carbocycles. The SMILES string of the molecule is COc1ccc(CCC(C)NC(=O)CC(N)c2ccccc2)cc1.Cl. The molecule has 0 aliphatic rings. The third kappa shape index (κ3) is 7.16. The Balaban J connectivity index is 0.00000312. The van der Waals surface area contributed by atoms with E-state index in [0.717, 1.165) is 24.2 Å². The highest BCUT2D eigenvalue weighted by molar-refractivity contribution is 5.85. The molecule has 25 heavy (non-hydrogen) atoms. The summed E-state index contributed by atoms with van der Waals surface area (Å²) in [4.78, 5) is 12.1. The normalized spacial score (nSPS) is 12.6. The van der Waals surface area contributed by atoms with E-state index in [9.17, 15) is 4.79 Å². The van der Waals surface area contributed by atoms with Crippen LogP contribution in [0.4, 0.5) is 0 Å². The second kappa shape index (κ2) is 10.7. The molecule has 0 saturated heterocycles. The van der Waals surface area contributed by atoms with Crippen molar-refractivity contribution in [1.29, 1.82) is 0 Å². The lowest BCUT2D eigenvalue weighted by Gasteiger charge is -2.16. The molecule has 0 aliphatic carbocycles. The van der Waals surface area contributed by atoms with Crippen molar-refractivity contribution >= 4 is 18.3 Å². The Hall–Kier alpha value is -2.04. The van der Waals surface area contributed by atoms with Crippen LogP contribution >= 0.6 is 12.4 Å². The standard InChI is InChI=1S/C20H26N2O2.ClH/c1-15(8-9-16-10-12-18(24-2)13-11-16)22-20(23)14-19(21)17-6-4-3-5-7-17;/h3-7,10-13,15,19H,8-9,14,21H2,1-2H3,(H,22,23);1H. The predicted octanol–water partition coefficient (Wildman–Crippen LogP) is 3.64. The Bertz CT molecular complexity index is 632. The van der Waals surface area contributed by atoms with Crippen molar-refractivity contribution in [2.75, 3.05) is 7.11 Å². The predicted molar refractivity (Wildman–Crippen MR) is 104 cm³/mol. The van der Waals surface area contributed by atoms with Gasteiger partial charge in [0.2, 0.25) is 5.91 Å². The molecule has 0 aliphatic heterocycles. The van der Waals surface area contributed by atoms with Crippen molar-refractivity contribution in [2.45, 2.75) is 38.3 Å². The minimum absolute atomic E-state index is 0. The largest absolute Gasteiger partial charge is 0.497 e. The average molecular weight is 363 g/mol. The fraction of sp³-hybridized carbons (Fsp3) is 0.350. The Kier molecular flexibility index (Phi) is 9.03. The van der Waals surface area contributed by atoms with Crippen molar-refractivity contribution in [3.05, 3.63) is 65.7 Å². The lowest BCUT2D eigenvalue weighted by molar-refractivity contribution is -0.122. The molecule has 1 amide bonds. The van der Waals surface area contributed by atoms with Gasteiger partial charge < -0.3 is 15.8 Å². The third-order valence-electron chi connectivity index (χ3n) is 4.07. The number of hydrogen-bond acceptors (Lipinski definition) is 3. The first-order valence-corrected chi connectivity index (χ1v) is 8.31. The van der Waals surface area contributed by atoms with E-state index in [2.05, 4.69) is 17.4 Å². The third-order valence-corrected chi connectivity index (χ3v) is 4.07. The van der Waals surface area contributed by atoms with Crippen LogP contribution in [-0.2, 0) is 11.2 Å². The first-order valence-electron chi connectivity index (χ1n) is 8.31. The number of rotatable bonds is 8. The zero-order chi connectivity index (χ0) is 17.4. The molecule has 2 aromatic rings. The van der Waals surface area contributed by atoms with Gasteiger partial charge in [-0.05, 0) is 43.0 Å². The van der Waals surface area contributed by atoms with Gasteiger partial charge in [-0.1, -0.05) is 42.5 Å². The van der Waals surface area contributed by atoms with Crippen LogP contribution in [0.25, 0.3) is 0 Å². The lowest BCUT2D eigenvalue weighted by atomic mass is 10.0. The van der Waals surface area contributed by atoms with E-state index in [4.69, 9.17) is 10.5 Å². The van der Waals surface area contributed by atoms with E-state index >= 15 is 0 Å². The Morgan fingerprint density at radius 3 is 2.36 bits per heavy atom. The number of hydrogen-bond donors (Lipinski definition) is 2. The number of amides is 1. The highest BCUT2D eigenvalue weighted by Gasteiger charge is 2.13. The molecular weight excluding hydrogens is 336 g/mol. The molecule has 2 rings (SSSR count). The topological polar surface area (TPSA) is 64.3 Å². The summed E-state index contributed by atoms with van der Waals surface area (Å²) in [6.07, 6.45) is 2.10. The number of aryl methyl sites for hydroxylation is 1. The fourth-order valence-corrected chi connectivity index (χ4v) is 2.60. The molecule has 2 aromatic carbocycles. The van der Waals surface area contributed by atoms with Gasteiger partial charge in [-0.15, -0.1) is 12.4 Å². The monoisotopic (exact) mass is 362 g/mol. The van der Waals surface area contributed by atoms with Crippen molar-refractivity contribution in [3.8, 4) is 5.75 Å². The lowest BCUT2D eigenvalue weighted by Crippen LogP contribution is -2.34. The fourth-order valence-electron chi connectivity index (χ4n) is 2.60. The molecule has 0 radical (unpaired) electrons. The highest BCUT2D eigenvalue weighted by Crippen LogP contribution is 2.15. The molecule has 0 heterocycles. The van der Waals surface area contributed by atoms with E-state index in [1.807, 2.05) is 49.4 Å². The van der Waals surface area contributed by atoms with E-state index in [-0.39, 0.29) is 30.4 Å². The number of carbonyl (C=O) groups excluding carboxylic acids is 1. The van der Waals surface area contributed by atoms with Crippen LogP contribution in [0.3, 0.4) is 0 Å². The molecule has 136 valence electrons. The molecule has 0 bridgehead atoms.